The summed E-state index contributed by atoms with van der Waals surface area (Å²) in [5.74, 6) is -1.99. The Labute approximate surface area is 333 Å². The fraction of sp³-hybridized carbons (Fsp3) is 0.571. The SMILES string of the molecule is C=CCO[C@@]12Oc3ccc(O)cc3[C@H]3[C@H](CCCCO)[C@@H](CCCCO)C=C(C(=NOC(C)(C)C)C[C@@H]1N(CCOCCO)C(=O)Oc1ccc([N+](=O)[O-])cc1)[C@H]32. The molecule has 0 unspecified atom stereocenters. The van der Waals surface area contributed by atoms with Crippen LogP contribution in [-0.2, 0) is 14.3 Å². The van der Waals surface area contributed by atoms with Crippen LogP contribution in [0.25, 0.3) is 0 Å². The molecule has 15 nitrogen and oxygen atoms in total. The number of oxime groups is 1. The number of allylic oxidation sites excluding steroid dienone is 1. The van der Waals surface area contributed by atoms with Crippen LogP contribution in [-0.4, -0.2) is 106 Å². The van der Waals surface area contributed by atoms with Crippen LogP contribution in [0, 0.1) is 27.9 Å². The van der Waals surface area contributed by atoms with Crippen molar-refractivity contribution in [3.63, 3.8) is 0 Å². The Balaban J connectivity index is 1.75. The van der Waals surface area contributed by atoms with Crippen molar-refractivity contribution in [2.24, 2.45) is 22.9 Å². The fourth-order valence-electron chi connectivity index (χ4n) is 8.35. The summed E-state index contributed by atoms with van der Waals surface area (Å²) in [6.45, 7) is 9.50. The zero-order chi connectivity index (χ0) is 41.2. The predicted molar refractivity (Wildman–Crippen MR) is 211 cm³/mol. The minimum absolute atomic E-state index is 0.00312. The predicted octanol–water partition coefficient (Wildman–Crippen LogP) is 6.24. The molecule has 1 saturated carbocycles. The number of non-ortho nitro benzene ring substituents is 1. The van der Waals surface area contributed by atoms with Crippen LogP contribution in [0.5, 0.6) is 17.2 Å². The number of unbranched alkanes of at least 4 members (excludes halogenated alkanes) is 2. The molecule has 2 aromatic rings. The number of hydrogen-bond donors (Lipinski definition) is 4. The summed E-state index contributed by atoms with van der Waals surface area (Å²) in [6, 6.07) is 9.21. The van der Waals surface area contributed by atoms with Gasteiger partial charge in [-0.15, -0.1) is 6.58 Å². The summed E-state index contributed by atoms with van der Waals surface area (Å²) >= 11 is 0. The molecule has 1 heterocycles. The van der Waals surface area contributed by atoms with Crippen LogP contribution >= 0.6 is 0 Å². The van der Waals surface area contributed by atoms with Gasteiger partial charge in [-0.05, 0) is 94.2 Å². The number of nitrogens with zero attached hydrogens (tertiary/aromatic N) is 3. The van der Waals surface area contributed by atoms with Crippen LogP contribution in [0.15, 0.2) is 71.9 Å². The number of carbonyl (C=O) groups excluding carboxylic acids is 1. The van der Waals surface area contributed by atoms with E-state index >= 15 is 0 Å². The number of nitro benzene ring substituents is 1. The maximum atomic E-state index is 14.6. The first-order valence-electron chi connectivity index (χ1n) is 19.7. The van der Waals surface area contributed by atoms with Gasteiger partial charge < -0.3 is 44.2 Å². The topological polar surface area (TPSA) is 203 Å². The number of amides is 1. The van der Waals surface area contributed by atoms with Crippen molar-refractivity contribution in [2.45, 2.75) is 89.1 Å². The molecular formula is C42H57N3O12. The molecule has 2 aromatic carbocycles. The van der Waals surface area contributed by atoms with E-state index in [4.69, 9.17) is 28.9 Å². The van der Waals surface area contributed by atoms with E-state index in [9.17, 15) is 35.3 Å². The van der Waals surface area contributed by atoms with Gasteiger partial charge in [0.2, 0.25) is 5.79 Å². The van der Waals surface area contributed by atoms with Gasteiger partial charge in [0.05, 0.1) is 43.0 Å². The molecule has 0 bridgehead atoms. The van der Waals surface area contributed by atoms with E-state index in [1.807, 2.05) is 20.8 Å². The van der Waals surface area contributed by atoms with Gasteiger partial charge in [0, 0.05) is 49.8 Å². The second-order valence-corrected chi connectivity index (χ2v) is 15.6. The third kappa shape index (κ3) is 10.3. The maximum Gasteiger partial charge on any atom is 0.415 e. The van der Waals surface area contributed by atoms with Crippen molar-refractivity contribution in [3.05, 3.63) is 82.4 Å². The molecule has 4 N–H and O–H groups in total. The Hall–Kier alpha value is -4.54. The third-order valence-electron chi connectivity index (χ3n) is 10.7. The number of aliphatic hydroxyl groups excluding tert-OH is 3. The molecule has 1 amide bonds. The van der Waals surface area contributed by atoms with E-state index in [0.717, 1.165) is 36.8 Å². The average Bonchev–Trinajstić information content (AvgIpc) is 3.18. The first kappa shape index (κ1) is 43.6. The molecule has 1 aliphatic heterocycles. The number of benzene rings is 2. The number of hydrogen-bond acceptors (Lipinski definition) is 13. The summed E-state index contributed by atoms with van der Waals surface area (Å²) in [4.78, 5) is 32.9. The summed E-state index contributed by atoms with van der Waals surface area (Å²) in [5, 5.41) is 56.1. The number of rotatable bonds is 20. The van der Waals surface area contributed by atoms with Crippen molar-refractivity contribution < 1.29 is 53.9 Å². The Morgan fingerprint density at radius 1 is 1.05 bits per heavy atom. The molecule has 0 spiro atoms. The Morgan fingerprint density at radius 2 is 1.77 bits per heavy atom. The first-order valence-corrected chi connectivity index (χ1v) is 19.7. The van der Waals surface area contributed by atoms with Gasteiger partial charge in [-0.3, -0.25) is 15.0 Å². The molecule has 15 heteroatoms. The molecule has 1 fully saturated rings. The summed E-state index contributed by atoms with van der Waals surface area (Å²) in [5.41, 5.74) is 1.32. The number of aliphatic hydroxyl groups is 3. The highest BCUT2D eigenvalue weighted by molar-refractivity contribution is 6.03. The lowest BCUT2D eigenvalue weighted by molar-refractivity contribution is -0.384. The highest BCUT2D eigenvalue weighted by Crippen LogP contribution is 2.62. The number of aromatic hydroxyl groups is 1. The van der Waals surface area contributed by atoms with Gasteiger partial charge in [0.25, 0.3) is 5.69 Å². The smallest absolute Gasteiger partial charge is 0.415 e. The van der Waals surface area contributed by atoms with Crippen molar-refractivity contribution in [1.82, 2.24) is 4.90 Å². The lowest BCUT2D eigenvalue weighted by Gasteiger charge is -2.59. The normalized spacial score (nSPS) is 24.4. The quantitative estimate of drug-likeness (QED) is 0.0509. The zero-order valence-electron chi connectivity index (χ0n) is 33.1. The van der Waals surface area contributed by atoms with E-state index in [2.05, 4.69) is 12.7 Å². The lowest BCUT2D eigenvalue weighted by atomic mass is 9.55. The lowest BCUT2D eigenvalue weighted by Crippen LogP contribution is -2.70. The number of phenols is 1. The van der Waals surface area contributed by atoms with E-state index in [1.165, 1.54) is 29.2 Å². The monoisotopic (exact) mass is 795 g/mol. The van der Waals surface area contributed by atoms with E-state index in [1.54, 1.807) is 24.3 Å². The Kier molecular flexibility index (Phi) is 15.1. The second-order valence-electron chi connectivity index (χ2n) is 15.6. The molecule has 0 radical (unpaired) electrons. The number of nitro groups is 1. The standard InChI is InChI=1S/C42H57N3O12/c1-5-22-54-42-37(44(18-23-53-24-21-48)40(50)55-31-15-12-29(13-16-31)45(51)52)27-35(43-57-41(2,3)4)33-25-28(10-6-8-19-46)32(11-7-9-20-47)38(39(33)42)34-26-30(49)14-17-36(34)56-42/h5,12-17,25-26,28,32,37-39,46-49H,1,6-11,18-24,27H2,2-4H3/t28-,32+,37-,38+,39+,42+/m0/s1. The molecule has 312 valence electrons. The number of fused-ring (bicyclic) bond motifs is 2. The molecule has 3 aliphatic rings. The van der Waals surface area contributed by atoms with Gasteiger partial charge in [0.15, 0.2) is 0 Å². The second kappa shape index (κ2) is 19.7. The minimum atomic E-state index is -1.59. The molecule has 6 atom stereocenters. The summed E-state index contributed by atoms with van der Waals surface area (Å²) in [6.07, 6.45) is 7.31. The minimum Gasteiger partial charge on any atom is -0.508 e. The van der Waals surface area contributed by atoms with E-state index in [-0.39, 0.29) is 87.5 Å². The van der Waals surface area contributed by atoms with E-state index in [0.29, 0.717) is 24.3 Å². The molecule has 0 aromatic heterocycles. The largest absolute Gasteiger partial charge is 0.508 e. The molecule has 0 saturated heterocycles. The highest BCUT2D eigenvalue weighted by atomic mass is 16.7. The number of ether oxygens (including phenoxy) is 4. The molecule has 57 heavy (non-hydrogen) atoms. The van der Waals surface area contributed by atoms with Gasteiger partial charge in [-0.1, -0.05) is 30.1 Å². The van der Waals surface area contributed by atoms with Crippen LogP contribution in [0.2, 0.25) is 0 Å². The fourth-order valence-corrected chi connectivity index (χ4v) is 8.35. The Bertz CT molecular complexity index is 1740. The molecule has 2 aliphatic carbocycles. The summed E-state index contributed by atoms with van der Waals surface area (Å²) in [7, 11) is 0. The van der Waals surface area contributed by atoms with Crippen molar-refractivity contribution >= 4 is 17.5 Å². The maximum absolute atomic E-state index is 14.6. The van der Waals surface area contributed by atoms with Gasteiger partial charge >= 0.3 is 6.09 Å². The van der Waals surface area contributed by atoms with Crippen LogP contribution in [0.3, 0.4) is 0 Å². The first-order chi connectivity index (χ1) is 27.4. The van der Waals surface area contributed by atoms with Crippen LogP contribution in [0.4, 0.5) is 10.5 Å². The third-order valence-corrected chi connectivity index (χ3v) is 10.7. The number of carbonyl (C=O) groups is 1. The van der Waals surface area contributed by atoms with Gasteiger partial charge in [0.1, 0.15) is 28.9 Å². The molecular weight excluding hydrogens is 738 g/mol. The van der Waals surface area contributed by atoms with Crippen molar-refractivity contribution in [3.8, 4) is 17.2 Å². The van der Waals surface area contributed by atoms with Gasteiger partial charge in [-0.25, -0.2) is 4.79 Å². The van der Waals surface area contributed by atoms with Crippen LogP contribution in [0.1, 0.15) is 77.2 Å². The van der Waals surface area contributed by atoms with Crippen LogP contribution < -0.4 is 9.47 Å². The number of phenolic OH excluding ortho intramolecular Hbond substituents is 1. The van der Waals surface area contributed by atoms with Crippen molar-refractivity contribution in [2.75, 3.05) is 46.2 Å². The molecule has 5 rings (SSSR count). The average molecular weight is 796 g/mol. The van der Waals surface area contributed by atoms with Gasteiger partial charge in [-0.2, -0.15) is 0 Å². The highest BCUT2D eigenvalue weighted by Gasteiger charge is 2.65. The van der Waals surface area contributed by atoms with E-state index < -0.39 is 34.4 Å². The Morgan fingerprint density at radius 3 is 2.42 bits per heavy atom. The zero-order valence-corrected chi connectivity index (χ0v) is 33.1. The summed E-state index contributed by atoms with van der Waals surface area (Å²) < 4.78 is 25.6. The van der Waals surface area contributed by atoms with Crippen molar-refractivity contribution in [1.29, 1.82) is 0 Å².